The number of anilines is 1. The Labute approximate surface area is 121 Å². The SMILES string of the molecule is CCCc1cc(NCc2n[nH]c(=O)[nH]2)c2ccccc2n1. The number of pyridine rings is 1. The molecule has 3 aromatic rings. The van der Waals surface area contributed by atoms with E-state index in [9.17, 15) is 4.79 Å². The zero-order valence-corrected chi connectivity index (χ0v) is 11.8. The number of aromatic amines is 2. The molecule has 0 saturated carbocycles. The van der Waals surface area contributed by atoms with Gasteiger partial charge in [-0.2, -0.15) is 5.10 Å². The topological polar surface area (TPSA) is 86.5 Å². The highest BCUT2D eigenvalue weighted by molar-refractivity contribution is 5.91. The quantitative estimate of drug-likeness (QED) is 0.670. The zero-order chi connectivity index (χ0) is 14.7. The molecule has 2 aromatic heterocycles. The monoisotopic (exact) mass is 283 g/mol. The number of benzene rings is 1. The molecule has 0 atom stereocenters. The molecule has 6 nitrogen and oxygen atoms in total. The number of fused-ring (bicyclic) bond motifs is 1. The summed E-state index contributed by atoms with van der Waals surface area (Å²) >= 11 is 0. The summed E-state index contributed by atoms with van der Waals surface area (Å²) in [5, 5.41) is 10.6. The van der Waals surface area contributed by atoms with Crippen molar-refractivity contribution in [2.45, 2.75) is 26.3 Å². The third-order valence-corrected chi connectivity index (χ3v) is 3.27. The van der Waals surface area contributed by atoms with Gasteiger partial charge in [-0.1, -0.05) is 31.5 Å². The number of nitrogens with one attached hydrogen (secondary N) is 3. The van der Waals surface area contributed by atoms with Gasteiger partial charge in [0.2, 0.25) is 0 Å². The molecule has 0 spiro atoms. The van der Waals surface area contributed by atoms with E-state index in [0.717, 1.165) is 35.1 Å². The molecule has 0 fully saturated rings. The summed E-state index contributed by atoms with van der Waals surface area (Å²) in [5.74, 6) is 0.581. The fraction of sp³-hybridized carbons (Fsp3) is 0.267. The molecule has 0 saturated heterocycles. The molecule has 3 rings (SSSR count). The highest BCUT2D eigenvalue weighted by atomic mass is 16.1. The average molecular weight is 283 g/mol. The first kappa shape index (κ1) is 13.4. The minimum atomic E-state index is -0.293. The molecule has 0 unspecified atom stereocenters. The Hall–Kier alpha value is -2.63. The van der Waals surface area contributed by atoms with E-state index >= 15 is 0 Å². The first-order valence-corrected chi connectivity index (χ1v) is 7.02. The normalized spacial score (nSPS) is 10.9. The number of rotatable bonds is 5. The third-order valence-electron chi connectivity index (χ3n) is 3.27. The fourth-order valence-electron chi connectivity index (χ4n) is 2.33. The van der Waals surface area contributed by atoms with Crippen molar-refractivity contribution in [1.29, 1.82) is 0 Å². The summed E-state index contributed by atoms with van der Waals surface area (Å²) in [7, 11) is 0. The van der Waals surface area contributed by atoms with Gasteiger partial charge in [0.25, 0.3) is 0 Å². The van der Waals surface area contributed by atoms with E-state index in [1.807, 2.05) is 24.3 Å². The Morgan fingerprint density at radius 1 is 1.29 bits per heavy atom. The Bertz CT molecular complexity index is 805. The number of H-pyrrole nitrogens is 2. The van der Waals surface area contributed by atoms with Crippen LogP contribution >= 0.6 is 0 Å². The van der Waals surface area contributed by atoms with Crippen LogP contribution in [0.1, 0.15) is 24.9 Å². The molecule has 21 heavy (non-hydrogen) atoms. The number of aromatic nitrogens is 4. The van der Waals surface area contributed by atoms with Crippen molar-refractivity contribution in [3.05, 3.63) is 52.3 Å². The molecule has 0 bridgehead atoms. The van der Waals surface area contributed by atoms with Crippen molar-refractivity contribution >= 4 is 16.6 Å². The molecule has 0 aliphatic carbocycles. The minimum absolute atomic E-state index is 0.293. The summed E-state index contributed by atoms with van der Waals surface area (Å²) in [6.07, 6.45) is 2.00. The lowest BCUT2D eigenvalue weighted by Gasteiger charge is -2.10. The molecule has 0 amide bonds. The van der Waals surface area contributed by atoms with Gasteiger partial charge in [0, 0.05) is 16.8 Å². The lowest BCUT2D eigenvalue weighted by atomic mass is 10.1. The second-order valence-corrected chi connectivity index (χ2v) is 4.91. The molecule has 6 heteroatoms. The molecule has 0 radical (unpaired) electrons. The summed E-state index contributed by atoms with van der Waals surface area (Å²) in [6.45, 7) is 2.59. The zero-order valence-electron chi connectivity index (χ0n) is 11.8. The van der Waals surface area contributed by atoms with E-state index in [0.29, 0.717) is 12.4 Å². The van der Waals surface area contributed by atoms with Gasteiger partial charge in [-0.3, -0.25) is 9.97 Å². The van der Waals surface area contributed by atoms with Crippen LogP contribution in [0.2, 0.25) is 0 Å². The molecule has 0 aliphatic heterocycles. The number of hydrogen-bond donors (Lipinski definition) is 3. The predicted octanol–water partition coefficient (Wildman–Crippen LogP) is 2.21. The highest BCUT2D eigenvalue weighted by Gasteiger charge is 2.06. The summed E-state index contributed by atoms with van der Waals surface area (Å²) in [5.41, 5.74) is 2.75. The van der Waals surface area contributed by atoms with Crippen LogP contribution < -0.4 is 11.0 Å². The van der Waals surface area contributed by atoms with E-state index in [-0.39, 0.29) is 5.69 Å². The van der Waals surface area contributed by atoms with Gasteiger partial charge in [-0.05, 0) is 18.6 Å². The van der Waals surface area contributed by atoms with E-state index in [1.54, 1.807) is 0 Å². The van der Waals surface area contributed by atoms with E-state index in [1.165, 1.54) is 0 Å². The smallest absolute Gasteiger partial charge is 0.340 e. The van der Waals surface area contributed by atoms with Gasteiger partial charge in [0.1, 0.15) is 5.82 Å². The first-order chi connectivity index (χ1) is 10.3. The van der Waals surface area contributed by atoms with Gasteiger partial charge in [0.15, 0.2) is 0 Å². The molecule has 2 heterocycles. The molecule has 1 aromatic carbocycles. The van der Waals surface area contributed by atoms with E-state index in [2.05, 4.69) is 38.5 Å². The predicted molar refractivity (Wildman–Crippen MR) is 82.3 cm³/mol. The van der Waals surface area contributed by atoms with Crippen molar-refractivity contribution in [3.63, 3.8) is 0 Å². The van der Waals surface area contributed by atoms with Gasteiger partial charge < -0.3 is 5.32 Å². The minimum Gasteiger partial charge on any atom is -0.377 e. The summed E-state index contributed by atoms with van der Waals surface area (Å²) in [6, 6.07) is 10.1. The molecule has 0 aliphatic rings. The van der Waals surface area contributed by atoms with Crippen LogP contribution in [0.5, 0.6) is 0 Å². The highest BCUT2D eigenvalue weighted by Crippen LogP contribution is 2.24. The van der Waals surface area contributed by atoms with Gasteiger partial charge in [-0.25, -0.2) is 9.89 Å². The maximum Gasteiger partial charge on any atom is 0.340 e. The Kier molecular flexibility index (Phi) is 3.68. The molecular weight excluding hydrogens is 266 g/mol. The van der Waals surface area contributed by atoms with Crippen LogP contribution in [0.4, 0.5) is 5.69 Å². The number of aryl methyl sites for hydroxylation is 1. The van der Waals surface area contributed by atoms with Crippen LogP contribution in [0.15, 0.2) is 35.1 Å². The molecule has 3 N–H and O–H groups in total. The number of para-hydroxylation sites is 1. The average Bonchev–Trinajstić information content (AvgIpc) is 2.91. The van der Waals surface area contributed by atoms with Crippen molar-refractivity contribution in [1.82, 2.24) is 20.2 Å². The first-order valence-electron chi connectivity index (χ1n) is 7.02. The van der Waals surface area contributed by atoms with Crippen LogP contribution in [0.25, 0.3) is 10.9 Å². The maximum absolute atomic E-state index is 11.0. The lowest BCUT2D eigenvalue weighted by Crippen LogP contribution is -2.05. The Morgan fingerprint density at radius 2 is 2.14 bits per heavy atom. The summed E-state index contributed by atoms with van der Waals surface area (Å²) in [4.78, 5) is 18.3. The van der Waals surface area contributed by atoms with E-state index in [4.69, 9.17) is 0 Å². The van der Waals surface area contributed by atoms with Crippen LogP contribution in [0, 0.1) is 0 Å². The largest absolute Gasteiger partial charge is 0.377 e. The van der Waals surface area contributed by atoms with Crippen molar-refractivity contribution < 1.29 is 0 Å². The van der Waals surface area contributed by atoms with Crippen LogP contribution in [-0.4, -0.2) is 20.2 Å². The Balaban J connectivity index is 1.93. The standard InChI is InChI=1S/C15H17N5O/c1-2-5-10-8-13(11-6-3-4-7-12(11)17-10)16-9-14-18-15(21)20-19-14/h3-4,6-8H,2,5,9H2,1H3,(H,16,17)(H2,18,19,20,21). The molecular formula is C15H17N5O. The second-order valence-electron chi connectivity index (χ2n) is 4.91. The van der Waals surface area contributed by atoms with Crippen molar-refractivity contribution in [2.24, 2.45) is 0 Å². The van der Waals surface area contributed by atoms with Gasteiger partial charge >= 0.3 is 5.69 Å². The van der Waals surface area contributed by atoms with Crippen LogP contribution in [-0.2, 0) is 13.0 Å². The lowest BCUT2D eigenvalue weighted by molar-refractivity contribution is 0.888. The van der Waals surface area contributed by atoms with Crippen molar-refractivity contribution in [3.8, 4) is 0 Å². The van der Waals surface area contributed by atoms with Crippen LogP contribution in [0.3, 0.4) is 0 Å². The molecule has 108 valence electrons. The van der Waals surface area contributed by atoms with Crippen molar-refractivity contribution in [2.75, 3.05) is 5.32 Å². The third kappa shape index (κ3) is 2.94. The second kappa shape index (κ2) is 5.78. The fourth-order valence-corrected chi connectivity index (χ4v) is 2.33. The van der Waals surface area contributed by atoms with E-state index < -0.39 is 0 Å². The maximum atomic E-state index is 11.0. The van der Waals surface area contributed by atoms with Gasteiger partial charge in [0.05, 0.1) is 12.1 Å². The Morgan fingerprint density at radius 3 is 2.90 bits per heavy atom. The number of hydrogen-bond acceptors (Lipinski definition) is 4. The van der Waals surface area contributed by atoms with Gasteiger partial charge in [-0.15, -0.1) is 0 Å². The number of nitrogens with zero attached hydrogens (tertiary/aromatic N) is 2. The summed E-state index contributed by atoms with van der Waals surface area (Å²) < 4.78 is 0.